The highest BCUT2D eigenvalue weighted by molar-refractivity contribution is 5.84. The van der Waals surface area contributed by atoms with Crippen LogP contribution in [0.3, 0.4) is 0 Å². The third kappa shape index (κ3) is 3.40. The first-order valence-corrected chi connectivity index (χ1v) is 9.81. The van der Waals surface area contributed by atoms with Gasteiger partial charge in [0.25, 0.3) is 0 Å². The summed E-state index contributed by atoms with van der Waals surface area (Å²) >= 11 is 0. The second-order valence-electron chi connectivity index (χ2n) is 7.17. The Labute approximate surface area is 174 Å². The molecule has 1 aliphatic heterocycles. The normalized spacial score (nSPS) is 14.0. The van der Waals surface area contributed by atoms with Gasteiger partial charge in [0.05, 0.1) is 25.2 Å². The Morgan fingerprint density at radius 2 is 1.73 bits per heavy atom. The van der Waals surface area contributed by atoms with E-state index in [1.807, 2.05) is 59.8 Å². The van der Waals surface area contributed by atoms with Gasteiger partial charge in [0, 0.05) is 38.9 Å². The van der Waals surface area contributed by atoms with Crippen molar-refractivity contribution in [1.82, 2.24) is 29.1 Å². The average molecular weight is 399 g/mol. The lowest BCUT2D eigenvalue weighted by atomic mass is 10.2. The Kier molecular flexibility index (Phi) is 4.65. The zero-order chi connectivity index (χ0) is 20.5. The minimum absolute atomic E-state index is 0.455. The van der Waals surface area contributed by atoms with E-state index in [0.29, 0.717) is 24.9 Å². The smallest absolute Gasteiger partial charge is 0.209 e. The van der Waals surface area contributed by atoms with Crippen molar-refractivity contribution >= 4 is 17.0 Å². The van der Waals surface area contributed by atoms with Gasteiger partial charge in [-0.3, -0.25) is 0 Å². The number of imidazole rings is 2. The number of fused-ring (bicyclic) bond motifs is 1. The molecule has 0 bridgehead atoms. The predicted octanol–water partition coefficient (Wildman–Crippen LogP) is 2.00. The van der Waals surface area contributed by atoms with Gasteiger partial charge in [0.2, 0.25) is 5.82 Å². The quantitative estimate of drug-likeness (QED) is 0.480. The third-order valence-corrected chi connectivity index (χ3v) is 5.08. The highest BCUT2D eigenvalue weighted by Gasteiger charge is 2.19. The summed E-state index contributed by atoms with van der Waals surface area (Å²) in [7, 11) is 3.86. The first-order valence-electron chi connectivity index (χ1n) is 9.81. The molecule has 0 N–H and O–H groups in total. The molecule has 0 unspecified atom stereocenters. The molecule has 0 spiro atoms. The molecule has 0 saturated carbocycles. The lowest BCUT2D eigenvalue weighted by Crippen LogP contribution is -2.37. The zero-order valence-corrected chi connectivity index (χ0v) is 16.9. The van der Waals surface area contributed by atoms with Crippen LogP contribution in [0.15, 0.2) is 42.9 Å². The van der Waals surface area contributed by atoms with Gasteiger partial charge in [-0.15, -0.1) is 0 Å². The maximum absolute atomic E-state index is 5.48. The van der Waals surface area contributed by atoms with Crippen LogP contribution in [-0.2, 0) is 18.8 Å². The Morgan fingerprint density at radius 1 is 0.933 bits per heavy atom. The minimum atomic E-state index is 0.455. The van der Waals surface area contributed by atoms with E-state index >= 15 is 0 Å². The molecule has 8 nitrogen and oxygen atoms in total. The summed E-state index contributed by atoms with van der Waals surface area (Å²) in [5, 5.41) is 0. The van der Waals surface area contributed by atoms with Crippen molar-refractivity contribution in [2.75, 3.05) is 31.2 Å². The molecule has 1 saturated heterocycles. The van der Waals surface area contributed by atoms with Crippen LogP contribution in [0.4, 0.5) is 5.82 Å². The lowest BCUT2D eigenvalue weighted by Gasteiger charge is -2.27. The summed E-state index contributed by atoms with van der Waals surface area (Å²) in [6, 6.07) is 10.1. The van der Waals surface area contributed by atoms with Gasteiger partial charge in [0.15, 0.2) is 22.8 Å². The fraction of sp³-hybridized carbons (Fsp3) is 0.273. The average Bonchev–Trinajstić information content (AvgIpc) is 3.35. The van der Waals surface area contributed by atoms with E-state index in [4.69, 9.17) is 9.72 Å². The SMILES string of the molecule is Cn1cc(-c2ccccc2)nc1C#Cc1nc(N2CCOCC2)c2ncn(C)c2n1. The van der Waals surface area contributed by atoms with Crippen LogP contribution in [0.25, 0.3) is 22.4 Å². The van der Waals surface area contributed by atoms with Crippen molar-refractivity contribution in [2.45, 2.75) is 0 Å². The summed E-state index contributed by atoms with van der Waals surface area (Å²) in [6.45, 7) is 2.90. The van der Waals surface area contributed by atoms with E-state index in [2.05, 4.69) is 31.7 Å². The van der Waals surface area contributed by atoms with Crippen molar-refractivity contribution in [3.05, 3.63) is 54.5 Å². The molecular weight excluding hydrogens is 378 g/mol. The third-order valence-electron chi connectivity index (χ3n) is 5.08. The number of nitrogens with zero attached hydrogens (tertiary/aromatic N) is 7. The van der Waals surface area contributed by atoms with Gasteiger partial charge in [-0.2, -0.15) is 0 Å². The zero-order valence-electron chi connectivity index (χ0n) is 16.9. The summed E-state index contributed by atoms with van der Waals surface area (Å²) in [5.74, 6) is 8.15. The number of aryl methyl sites for hydroxylation is 2. The van der Waals surface area contributed by atoms with E-state index < -0.39 is 0 Å². The number of hydrogen-bond donors (Lipinski definition) is 0. The lowest BCUT2D eigenvalue weighted by molar-refractivity contribution is 0.122. The molecule has 0 atom stereocenters. The van der Waals surface area contributed by atoms with Crippen molar-refractivity contribution in [1.29, 1.82) is 0 Å². The first-order chi connectivity index (χ1) is 14.7. The molecule has 4 aromatic rings. The standard InChI is InChI=1S/C22H21N7O/c1-27-14-17(16-6-4-3-5-7-16)24-19(27)9-8-18-25-21-20(23-15-28(21)2)22(26-18)29-10-12-30-13-11-29/h3-7,14-15H,10-13H2,1-2H3. The van der Waals surface area contributed by atoms with Crippen LogP contribution in [0, 0.1) is 11.8 Å². The number of rotatable bonds is 2. The minimum Gasteiger partial charge on any atom is -0.378 e. The molecule has 3 aromatic heterocycles. The van der Waals surface area contributed by atoms with Crippen LogP contribution in [-0.4, -0.2) is 55.4 Å². The van der Waals surface area contributed by atoms with E-state index in [1.165, 1.54) is 0 Å². The Morgan fingerprint density at radius 3 is 2.53 bits per heavy atom. The van der Waals surface area contributed by atoms with Crippen LogP contribution < -0.4 is 4.90 Å². The monoisotopic (exact) mass is 399 g/mol. The number of anilines is 1. The predicted molar refractivity (Wildman–Crippen MR) is 114 cm³/mol. The van der Waals surface area contributed by atoms with Crippen molar-refractivity contribution in [3.63, 3.8) is 0 Å². The largest absolute Gasteiger partial charge is 0.378 e. The van der Waals surface area contributed by atoms with Crippen molar-refractivity contribution in [3.8, 4) is 23.1 Å². The first kappa shape index (κ1) is 18.3. The molecule has 4 heterocycles. The number of aromatic nitrogens is 6. The Hall–Kier alpha value is -3.70. The van der Waals surface area contributed by atoms with Crippen LogP contribution in [0.5, 0.6) is 0 Å². The van der Waals surface area contributed by atoms with E-state index in [9.17, 15) is 0 Å². The van der Waals surface area contributed by atoms with Crippen molar-refractivity contribution in [2.24, 2.45) is 14.1 Å². The molecule has 1 aromatic carbocycles. The van der Waals surface area contributed by atoms with Crippen LogP contribution in [0.2, 0.25) is 0 Å². The van der Waals surface area contributed by atoms with E-state index in [1.54, 1.807) is 6.33 Å². The molecule has 1 fully saturated rings. The summed E-state index contributed by atoms with van der Waals surface area (Å²) < 4.78 is 9.28. The molecule has 0 radical (unpaired) electrons. The topological polar surface area (TPSA) is 73.9 Å². The molecule has 8 heteroatoms. The fourth-order valence-electron chi connectivity index (χ4n) is 3.49. The Bertz CT molecular complexity index is 1260. The molecular formula is C22H21N7O. The number of benzene rings is 1. The van der Waals surface area contributed by atoms with Gasteiger partial charge < -0.3 is 18.8 Å². The van der Waals surface area contributed by atoms with Gasteiger partial charge in [-0.1, -0.05) is 30.3 Å². The highest BCUT2D eigenvalue weighted by atomic mass is 16.5. The maximum Gasteiger partial charge on any atom is 0.209 e. The fourth-order valence-corrected chi connectivity index (χ4v) is 3.49. The van der Waals surface area contributed by atoms with E-state index in [0.717, 1.165) is 41.3 Å². The number of ether oxygens (including phenoxy) is 1. The second kappa shape index (κ2) is 7.61. The van der Waals surface area contributed by atoms with Crippen LogP contribution in [0.1, 0.15) is 11.6 Å². The molecule has 30 heavy (non-hydrogen) atoms. The highest BCUT2D eigenvalue weighted by Crippen LogP contribution is 2.23. The second-order valence-corrected chi connectivity index (χ2v) is 7.17. The number of morpholine rings is 1. The molecule has 1 aliphatic rings. The van der Waals surface area contributed by atoms with Gasteiger partial charge in [0.1, 0.15) is 0 Å². The van der Waals surface area contributed by atoms with Crippen molar-refractivity contribution < 1.29 is 4.74 Å². The molecule has 0 amide bonds. The molecule has 0 aliphatic carbocycles. The van der Waals surface area contributed by atoms with Crippen LogP contribution >= 0.6 is 0 Å². The summed E-state index contributed by atoms with van der Waals surface area (Å²) in [6.07, 6.45) is 3.73. The molecule has 5 rings (SSSR count). The van der Waals surface area contributed by atoms with E-state index in [-0.39, 0.29) is 0 Å². The Balaban J connectivity index is 1.53. The van der Waals surface area contributed by atoms with Gasteiger partial charge >= 0.3 is 0 Å². The number of hydrogen-bond acceptors (Lipinski definition) is 6. The van der Waals surface area contributed by atoms with Gasteiger partial charge in [-0.05, 0) is 11.8 Å². The summed E-state index contributed by atoms with van der Waals surface area (Å²) in [5.41, 5.74) is 3.50. The maximum atomic E-state index is 5.48. The van der Waals surface area contributed by atoms with Gasteiger partial charge in [-0.25, -0.2) is 19.9 Å². The summed E-state index contributed by atoms with van der Waals surface area (Å²) in [4.78, 5) is 20.7. The molecule has 150 valence electrons.